The Morgan fingerprint density at radius 1 is 1.37 bits per heavy atom. The van der Waals surface area contributed by atoms with Crippen LogP contribution in [0.1, 0.15) is 25.0 Å². The molecule has 1 aliphatic rings. The van der Waals surface area contributed by atoms with Gasteiger partial charge in [0.25, 0.3) is 0 Å². The van der Waals surface area contributed by atoms with Gasteiger partial charge < -0.3 is 10.1 Å². The lowest BCUT2D eigenvalue weighted by Gasteiger charge is -2.30. The van der Waals surface area contributed by atoms with Crippen LogP contribution in [0.2, 0.25) is 0 Å². The van der Waals surface area contributed by atoms with E-state index < -0.39 is 0 Å². The zero-order valence-electron chi connectivity index (χ0n) is 11.6. The van der Waals surface area contributed by atoms with Crippen molar-refractivity contribution in [3.05, 3.63) is 40.6 Å². The molecule has 0 bridgehead atoms. The van der Waals surface area contributed by atoms with Crippen molar-refractivity contribution in [1.29, 1.82) is 0 Å². The topological polar surface area (TPSA) is 29.3 Å². The van der Waals surface area contributed by atoms with E-state index in [-0.39, 0.29) is 10.9 Å². The maximum absolute atomic E-state index is 12.4. The number of hydrogen-bond acceptors (Lipinski definition) is 3. The van der Waals surface area contributed by atoms with Gasteiger partial charge in [0, 0.05) is 12.6 Å². The van der Waals surface area contributed by atoms with Crippen molar-refractivity contribution in [1.82, 2.24) is 4.90 Å². The Bertz CT molecular complexity index is 523. The fourth-order valence-corrected chi connectivity index (χ4v) is 3.65. The van der Waals surface area contributed by atoms with Crippen LogP contribution in [0.5, 0.6) is 0 Å². The fraction of sp³-hybridized carbons (Fsp3) is 0.429. The average Bonchev–Trinajstić information content (AvgIpc) is 2.56. The Balaban J connectivity index is 2.27. The molecule has 1 aliphatic heterocycles. The van der Waals surface area contributed by atoms with E-state index in [2.05, 4.69) is 0 Å². The fourth-order valence-electron chi connectivity index (χ4n) is 1.95. The van der Waals surface area contributed by atoms with Crippen LogP contribution in [0.4, 0.5) is 0 Å². The van der Waals surface area contributed by atoms with E-state index in [0.717, 1.165) is 14.6 Å². The van der Waals surface area contributed by atoms with Gasteiger partial charge in [-0.25, -0.2) is 0 Å². The highest BCUT2D eigenvalue weighted by atomic mass is 32.2. The molecule has 1 fully saturated rings. The number of benzene rings is 1. The molecule has 2 rings (SSSR count). The van der Waals surface area contributed by atoms with Crippen molar-refractivity contribution in [3.8, 4) is 0 Å². The Labute approximate surface area is 123 Å². The van der Waals surface area contributed by atoms with Crippen LogP contribution in [-0.2, 0) is 0 Å². The van der Waals surface area contributed by atoms with E-state index in [9.17, 15) is 5.21 Å². The third-order valence-corrected chi connectivity index (χ3v) is 5.59. The van der Waals surface area contributed by atoms with Crippen LogP contribution in [-0.4, -0.2) is 38.1 Å². The summed E-state index contributed by atoms with van der Waals surface area (Å²) in [6.45, 7) is 6.11. The molecular weight excluding hydrogens is 276 g/mol. The Kier molecular flexibility index (Phi) is 3.87. The molecule has 0 amide bonds. The smallest absolute Gasteiger partial charge is 0.238 e. The summed E-state index contributed by atoms with van der Waals surface area (Å²) in [6, 6.07) is 7.91. The predicted molar refractivity (Wildman–Crippen MR) is 85.8 cm³/mol. The summed E-state index contributed by atoms with van der Waals surface area (Å²) in [5.41, 5.74) is 1.83. The summed E-state index contributed by atoms with van der Waals surface area (Å²) in [5.74, 6) is 0. The number of hydrogen-bond donors (Lipinski definition) is 0. The number of hydroxylamine groups is 1. The zero-order chi connectivity index (χ0) is 14.2. The van der Waals surface area contributed by atoms with Gasteiger partial charge in [-0.3, -0.25) is 0 Å². The average molecular weight is 294 g/mol. The lowest BCUT2D eigenvalue weighted by Crippen LogP contribution is -2.47. The highest BCUT2D eigenvalue weighted by molar-refractivity contribution is 8.23. The number of likely N-dealkylation sites (N-methyl/N-ethyl adjacent to an activating group) is 1. The molecule has 1 saturated heterocycles. The third kappa shape index (κ3) is 2.77. The summed E-state index contributed by atoms with van der Waals surface area (Å²) < 4.78 is 1.79. The molecule has 0 saturated carbocycles. The molecule has 0 N–H and O–H groups in total. The summed E-state index contributed by atoms with van der Waals surface area (Å²) in [6.07, 6.45) is 1.64. The van der Waals surface area contributed by atoms with Gasteiger partial charge in [-0.1, -0.05) is 29.9 Å². The van der Waals surface area contributed by atoms with E-state index >= 15 is 0 Å². The number of thiocarbonyl (C=S) groups is 1. The molecule has 19 heavy (non-hydrogen) atoms. The van der Waals surface area contributed by atoms with Gasteiger partial charge in [-0.2, -0.15) is 4.74 Å². The zero-order valence-corrected chi connectivity index (χ0v) is 13.2. The molecule has 0 aromatic heterocycles. The van der Waals surface area contributed by atoms with E-state index in [1.807, 2.05) is 57.0 Å². The first kappa shape index (κ1) is 14.3. The standard InChI is InChI=1S/C14H18N2OS2/c1-10-5-7-11(8-6-10)9-16(17)12-14(2,3)15(4)13(18)19-12/h5-9,12H,1-4H3/b16-9+/t12-/m0/s1. The lowest BCUT2D eigenvalue weighted by molar-refractivity contribution is -0.480. The third-order valence-electron chi connectivity index (χ3n) is 3.54. The maximum Gasteiger partial charge on any atom is 0.238 e. The second-order valence-electron chi connectivity index (χ2n) is 5.35. The first-order valence-electron chi connectivity index (χ1n) is 6.14. The second kappa shape index (κ2) is 5.13. The molecule has 1 aromatic rings. The minimum absolute atomic E-state index is 0.216. The van der Waals surface area contributed by atoms with Crippen molar-refractivity contribution in [2.45, 2.75) is 31.7 Å². The molecule has 0 radical (unpaired) electrons. The molecule has 1 heterocycles. The van der Waals surface area contributed by atoms with E-state index in [1.165, 1.54) is 17.3 Å². The van der Waals surface area contributed by atoms with E-state index in [0.29, 0.717) is 0 Å². The molecular formula is C14H18N2OS2. The lowest BCUT2D eigenvalue weighted by atomic mass is 10.0. The minimum Gasteiger partial charge on any atom is -0.623 e. The number of rotatable bonds is 2. The Hall–Kier alpha value is -1.07. The van der Waals surface area contributed by atoms with Crippen LogP contribution in [0.15, 0.2) is 24.3 Å². The van der Waals surface area contributed by atoms with Crippen molar-refractivity contribution < 1.29 is 4.74 Å². The van der Waals surface area contributed by atoms with Crippen LogP contribution in [0.25, 0.3) is 0 Å². The number of thioether (sulfide) groups is 1. The van der Waals surface area contributed by atoms with Crippen LogP contribution < -0.4 is 0 Å². The van der Waals surface area contributed by atoms with Crippen molar-refractivity contribution in [2.75, 3.05) is 7.05 Å². The molecule has 1 atom stereocenters. The molecule has 5 heteroatoms. The summed E-state index contributed by atoms with van der Waals surface area (Å²) in [5, 5.41) is 12.1. The van der Waals surface area contributed by atoms with Crippen LogP contribution in [0.3, 0.4) is 0 Å². The largest absolute Gasteiger partial charge is 0.623 e. The van der Waals surface area contributed by atoms with Gasteiger partial charge in [0.2, 0.25) is 5.37 Å². The SMILES string of the molecule is Cc1ccc(/C=[N+](/[O-])[C@H]2SC(=S)N(C)C2(C)C)cc1. The molecule has 0 aliphatic carbocycles. The van der Waals surface area contributed by atoms with Gasteiger partial charge in [0.15, 0.2) is 6.21 Å². The number of aryl methyl sites for hydroxylation is 1. The van der Waals surface area contributed by atoms with Crippen molar-refractivity contribution in [2.24, 2.45) is 0 Å². The monoisotopic (exact) mass is 294 g/mol. The van der Waals surface area contributed by atoms with Gasteiger partial charge in [0.05, 0.1) is 0 Å². The molecule has 3 nitrogen and oxygen atoms in total. The Morgan fingerprint density at radius 2 is 1.95 bits per heavy atom. The molecule has 0 unspecified atom stereocenters. The molecule has 0 spiro atoms. The second-order valence-corrected chi connectivity index (χ2v) is 7.06. The number of nitrogens with zero attached hydrogens (tertiary/aromatic N) is 2. The van der Waals surface area contributed by atoms with E-state index in [4.69, 9.17) is 12.2 Å². The van der Waals surface area contributed by atoms with Gasteiger partial charge >= 0.3 is 0 Å². The van der Waals surface area contributed by atoms with Crippen LogP contribution >= 0.6 is 24.0 Å². The first-order valence-corrected chi connectivity index (χ1v) is 7.42. The maximum atomic E-state index is 12.4. The van der Waals surface area contributed by atoms with Crippen LogP contribution in [0, 0.1) is 12.1 Å². The summed E-state index contributed by atoms with van der Waals surface area (Å²) in [4.78, 5) is 1.99. The Morgan fingerprint density at radius 3 is 2.42 bits per heavy atom. The summed E-state index contributed by atoms with van der Waals surface area (Å²) >= 11 is 6.73. The highest BCUT2D eigenvalue weighted by Gasteiger charge is 2.48. The predicted octanol–water partition coefficient (Wildman–Crippen LogP) is 2.99. The molecule has 1 aromatic carbocycles. The summed E-state index contributed by atoms with van der Waals surface area (Å²) in [7, 11) is 1.94. The quantitative estimate of drug-likeness (QED) is 0.276. The van der Waals surface area contributed by atoms with Gasteiger partial charge in [-0.05, 0) is 44.7 Å². The van der Waals surface area contributed by atoms with Gasteiger partial charge in [0.1, 0.15) is 9.86 Å². The van der Waals surface area contributed by atoms with Crippen molar-refractivity contribution >= 4 is 34.5 Å². The first-order chi connectivity index (χ1) is 8.82. The van der Waals surface area contributed by atoms with Crippen molar-refractivity contribution in [3.63, 3.8) is 0 Å². The van der Waals surface area contributed by atoms with Gasteiger partial charge in [-0.15, -0.1) is 0 Å². The normalized spacial score (nSPS) is 22.9. The highest BCUT2D eigenvalue weighted by Crippen LogP contribution is 2.38. The molecule has 102 valence electrons. The van der Waals surface area contributed by atoms with E-state index in [1.54, 1.807) is 6.21 Å². The minimum atomic E-state index is -0.273.